The Morgan fingerprint density at radius 2 is 2.15 bits per heavy atom. The fourth-order valence-electron chi connectivity index (χ4n) is 1.84. The van der Waals surface area contributed by atoms with Crippen LogP contribution in [0.2, 0.25) is 0 Å². The highest BCUT2D eigenvalue weighted by molar-refractivity contribution is 5.90. The molecule has 0 bridgehead atoms. The summed E-state index contributed by atoms with van der Waals surface area (Å²) in [4.78, 5) is 21.7. The zero-order valence-corrected chi connectivity index (χ0v) is 11.0. The van der Waals surface area contributed by atoms with Gasteiger partial charge in [0, 0.05) is 11.6 Å². The van der Waals surface area contributed by atoms with Crippen molar-refractivity contribution in [3.8, 4) is 5.75 Å². The van der Waals surface area contributed by atoms with Crippen LogP contribution < -0.4 is 10.1 Å². The van der Waals surface area contributed by atoms with Crippen LogP contribution >= 0.6 is 0 Å². The van der Waals surface area contributed by atoms with Crippen molar-refractivity contribution in [1.82, 2.24) is 5.32 Å². The summed E-state index contributed by atoms with van der Waals surface area (Å²) in [6, 6.07) is 7.64. The molecule has 0 spiro atoms. The average Bonchev–Trinajstić information content (AvgIpc) is 2.42. The zero-order chi connectivity index (χ0) is 14.5. The lowest BCUT2D eigenvalue weighted by Gasteiger charge is -2.22. The van der Waals surface area contributed by atoms with Gasteiger partial charge in [0.25, 0.3) is 0 Å². The Balaban J connectivity index is 2.07. The van der Waals surface area contributed by atoms with Crippen LogP contribution in [0.15, 0.2) is 42.0 Å². The second-order valence-electron chi connectivity index (χ2n) is 4.39. The first kappa shape index (κ1) is 13.9. The number of fused-ring (bicyclic) bond motifs is 1. The highest BCUT2D eigenvalue weighted by atomic mass is 16.5. The van der Waals surface area contributed by atoms with Crippen molar-refractivity contribution in [3.63, 3.8) is 0 Å². The predicted molar refractivity (Wildman–Crippen MR) is 74.3 cm³/mol. The molecule has 20 heavy (non-hydrogen) atoms. The third-order valence-electron chi connectivity index (χ3n) is 2.86. The molecule has 1 atom stereocenters. The molecule has 5 heteroatoms. The average molecular weight is 273 g/mol. The van der Waals surface area contributed by atoms with Gasteiger partial charge >= 0.3 is 5.97 Å². The molecule has 0 aromatic heterocycles. The highest BCUT2D eigenvalue weighted by Gasteiger charge is 2.16. The molecule has 1 unspecified atom stereocenters. The van der Waals surface area contributed by atoms with E-state index in [0.717, 1.165) is 16.9 Å². The summed E-state index contributed by atoms with van der Waals surface area (Å²) in [6.07, 6.45) is 4.73. The predicted octanol–water partition coefficient (Wildman–Crippen LogP) is 1.61. The molecule has 0 fully saturated rings. The van der Waals surface area contributed by atoms with Gasteiger partial charge in [-0.1, -0.05) is 18.2 Å². The van der Waals surface area contributed by atoms with Gasteiger partial charge < -0.3 is 15.2 Å². The molecule has 1 aromatic rings. The molecular formula is C15H15NO4. The molecule has 104 valence electrons. The van der Waals surface area contributed by atoms with Gasteiger partial charge in [0.1, 0.15) is 18.4 Å². The van der Waals surface area contributed by atoms with E-state index < -0.39 is 18.4 Å². The van der Waals surface area contributed by atoms with Gasteiger partial charge in [-0.05, 0) is 30.7 Å². The highest BCUT2D eigenvalue weighted by Crippen LogP contribution is 2.29. The molecule has 1 aliphatic heterocycles. The Bertz CT molecular complexity index is 589. The quantitative estimate of drug-likeness (QED) is 0.817. The van der Waals surface area contributed by atoms with E-state index in [1.165, 1.54) is 6.08 Å². The Morgan fingerprint density at radius 1 is 1.40 bits per heavy atom. The van der Waals surface area contributed by atoms with Crippen molar-refractivity contribution < 1.29 is 19.4 Å². The van der Waals surface area contributed by atoms with Crippen LogP contribution in [-0.2, 0) is 9.59 Å². The van der Waals surface area contributed by atoms with Gasteiger partial charge in [-0.3, -0.25) is 9.59 Å². The molecule has 5 nitrogen and oxygen atoms in total. The Labute approximate surface area is 116 Å². The summed E-state index contributed by atoms with van der Waals surface area (Å²) in [5, 5.41) is 10.7. The van der Waals surface area contributed by atoms with Gasteiger partial charge in [-0.25, -0.2) is 0 Å². The van der Waals surface area contributed by atoms with Gasteiger partial charge in [0.2, 0.25) is 5.91 Å². The smallest absolute Gasteiger partial charge is 0.322 e. The first-order chi connectivity index (χ1) is 9.56. The maximum Gasteiger partial charge on any atom is 0.322 e. The number of carbonyl (C=O) groups is 2. The summed E-state index contributed by atoms with van der Waals surface area (Å²) in [6.45, 7) is 1.50. The van der Waals surface area contributed by atoms with Crippen LogP contribution in [0.1, 0.15) is 12.5 Å². The number of hydrogen-bond donors (Lipinski definition) is 2. The summed E-state index contributed by atoms with van der Waals surface area (Å²) in [7, 11) is 0. The van der Waals surface area contributed by atoms with E-state index in [0.29, 0.717) is 0 Å². The van der Waals surface area contributed by atoms with E-state index in [1.807, 2.05) is 37.3 Å². The largest absolute Gasteiger partial charge is 0.485 e. The Kier molecular flexibility index (Phi) is 4.20. The SMILES string of the molecule is CC1Oc2ccccc2C=C1/C=C/C(=O)NCC(=O)O. The molecule has 2 rings (SSSR count). The first-order valence-corrected chi connectivity index (χ1v) is 6.21. The van der Waals surface area contributed by atoms with Crippen LogP contribution in [0.25, 0.3) is 6.08 Å². The van der Waals surface area contributed by atoms with Gasteiger partial charge in [0.05, 0.1) is 0 Å². The molecule has 1 aliphatic rings. The van der Waals surface area contributed by atoms with Gasteiger partial charge in [-0.2, -0.15) is 0 Å². The first-order valence-electron chi connectivity index (χ1n) is 6.21. The Morgan fingerprint density at radius 3 is 2.90 bits per heavy atom. The van der Waals surface area contributed by atoms with Crippen LogP contribution in [0, 0.1) is 0 Å². The van der Waals surface area contributed by atoms with Crippen LogP contribution in [0.3, 0.4) is 0 Å². The molecule has 0 aliphatic carbocycles. The molecule has 0 saturated heterocycles. The molecule has 2 N–H and O–H groups in total. The fourth-order valence-corrected chi connectivity index (χ4v) is 1.84. The van der Waals surface area contributed by atoms with Crippen molar-refractivity contribution in [2.75, 3.05) is 6.54 Å². The number of amides is 1. The minimum absolute atomic E-state index is 0.159. The topological polar surface area (TPSA) is 75.6 Å². The molecule has 0 saturated carbocycles. The summed E-state index contributed by atoms with van der Waals surface area (Å²) >= 11 is 0. The monoisotopic (exact) mass is 273 g/mol. The number of benzene rings is 1. The molecule has 1 heterocycles. The lowest BCUT2D eigenvalue weighted by atomic mass is 10.0. The summed E-state index contributed by atoms with van der Waals surface area (Å²) in [5.41, 5.74) is 1.81. The maximum absolute atomic E-state index is 11.4. The molecule has 0 radical (unpaired) electrons. The zero-order valence-electron chi connectivity index (χ0n) is 11.0. The van der Waals surface area contributed by atoms with E-state index in [4.69, 9.17) is 9.84 Å². The van der Waals surface area contributed by atoms with E-state index in [9.17, 15) is 9.59 Å². The van der Waals surface area contributed by atoms with Crippen molar-refractivity contribution in [2.24, 2.45) is 0 Å². The minimum Gasteiger partial charge on any atom is -0.485 e. The third kappa shape index (κ3) is 3.47. The molecular weight excluding hydrogens is 258 g/mol. The van der Waals surface area contributed by atoms with E-state index in [1.54, 1.807) is 6.08 Å². The summed E-state index contributed by atoms with van der Waals surface area (Å²) < 4.78 is 5.73. The maximum atomic E-state index is 11.4. The number of hydrogen-bond acceptors (Lipinski definition) is 3. The number of ether oxygens (including phenoxy) is 1. The summed E-state index contributed by atoms with van der Waals surface area (Å²) in [5.74, 6) is -0.707. The standard InChI is InChI=1S/C15H15NO4/c1-10-11(6-7-14(17)16-9-15(18)19)8-12-4-2-3-5-13(12)20-10/h2-8,10H,9H2,1H3,(H,16,17)(H,18,19)/b7-6+. The third-order valence-corrected chi connectivity index (χ3v) is 2.86. The second kappa shape index (κ2) is 6.06. The van der Waals surface area contributed by atoms with Crippen LogP contribution in [0.4, 0.5) is 0 Å². The van der Waals surface area contributed by atoms with E-state index >= 15 is 0 Å². The number of nitrogens with one attached hydrogen (secondary N) is 1. The van der Waals surface area contributed by atoms with Crippen molar-refractivity contribution in [1.29, 1.82) is 0 Å². The number of para-hydroxylation sites is 1. The minimum atomic E-state index is -1.07. The van der Waals surface area contributed by atoms with Crippen LogP contribution in [-0.4, -0.2) is 29.6 Å². The normalized spacial score (nSPS) is 17.1. The number of aliphatic carboxylic acids is 1. The lowest BCUT2D eigenvalue weighted by molar-refractivity contribution is -0.137. The Hall–Kier alpha value is -2.56. The number of carbonyl (C=O) groups excluding carboxylic acids is 1. The van der Waals surface area contributed by atoms with Crippen molar-refractivity contribution in [2.45, 2.75) is 13.0 Å². The lowest BCUT2D eigenvalue weighted by Crippen LogP contribution is -2.27. The van der Waals surface area contributed by atoms with Crippen molar-refractivity contribution in [3.05, 3.63) is 47.6 Å². The second-order valence-corrected chi connectivity index (χ2v) is 4.39. The van der Waals surface area contributed by atoms with Gasteiger partial charge in [0.15, 0.2) is 0 Å². The number of rotatable bonds is 4. The van der Waals surface area contributed by atoms with E-state index in [2.05, 4.69) is 5.32 Å². The van der Waals surface area contributed by atoms with E-state index in [-0.39, 0.29) is 6.10 Å². The molecule has 1 aromatic carbocycles. The van der Waals surface area contributed by atoms with Crippen molar-refractivity contribution >= 4 is 18.0 Å². The number of carboxylic acids is 1. The van der Waals surface area contributed by atoms with Crippen LogP contribution in [0.5, 0.6) is 5.75 Å². The fraction of sp³-hybridized carbons (Fsp3) is 0.200. The molecule has 1 amide bonds. The number of carboxylic acid groups (broad SMARTS) is 1. The van der Waals surface area contributed by atoms with Gasteiger partial charge in [-0.15, -0.1) is 0 Å².